The molecular weight excluding hydrogens is 332 g/mol. The maximum atomic E-state index is 11.4. The summed E-state index contributed by atoms with van der Waals surface area (Å²) in [6.07, 6.45) is 13.9. The molecule has 0 radical (unpaired) electrons. The number of rotatable bonds is 1. The maximum absolute atomic E-state index is 11.4. The zero-order chi connectivity index (χ0) is 19.8. The monoisotopic (exact) mass is 374 g/mol. The van der Waals surface area contributed by atoms with Crippen LogP contribution in [0.2, 0.25) is 0 Å². The summed E-state index contributed by atoms with van der Waals surface area (Å²) in [5.74, 6) is 4.39. The molecule has 154 valence electrons. The van der Waals surface area contributed by atoms with Gasteiger partial charge in [0.05, 0.1) is 0 Å². The van der Waals surface area contributed by atoms with E-state index in [-0.39, 0.29) is 11.4 Å². The Morgan fingerprint density at radius 2 is 1.67 bits per heavy atom. The van der Waals surface area contributed by atoms with Gasteiger partial charge in [0.2, 0.25) is 0 Å². The van der Waals surface area contributed by atoms with Gasteiger partial charge in [0.1, 0.15) is 5.76 Å². The third-order valence-electron chi connectivity index (χ3n) is 9.09. The van der Waals surface area contributed by atoms with E-state index in [0.717, 1.165) is 35.9 Å². The Bertz CT molecular complexity index is 591. The molecule has 4 rings (SSSR count). The minimum Gasteiger partial charge on any atom is -0.432 e. The number of carbonyl (C=O) groups excluding carboxylic acids is 1. The van der Waals surface area contributed by atoms with Crippen LogP contribution < -0.4 is 0 Å². The van der Waals surface area contributed by atoms with Gasteiger partial charge in [0.25, 0.3) is 0 Å². The van der Waals surface area contributed by atoms with Crippen LogP contribution in [0.25, 0.3) is 0 Å². The fourth-order valence-electron chi connectivity index (χ4n) is 7.96. The number of esters is 1. The van der Waals surface area contributed by atoms with Crippen molar-refractivity contribution >= 4 is 5.97 Å². The summed E-state index contributed by atoms with van der Waals surface area (Å²) in [4.78, 5) is 11.4. The van der Waals surface area contributed by atoms with Gasteiger partial charge < -0.3 is 4.74 Å². The van der Waals surface area contributed by atoms with Crippen LogP contribution in [0.4, 0.5) is 0 Å². The van der Waals surface area contributed by atoms with Crippen molar-refractivity contribution in [2.24, 2.45) is 34.5 Å². The molecule has 0 saturated heterocycles. The molecular formula is C25H42O2. The first-order valence-electron chi connectivity index (χ1n) is 11.7. The normalized spacial score (nSPS) is 44.8. The minimum absolute atomic E-state index is 0.166. The van der Waals surface area contributed by atoms with E-state index in [2.05, 4.69) is 13.8 Å². The Morgan fingerprint density at radius 1 is 0.926 bits per heavy atom. The van der Waals surface area contributed by atoms with Crippen molar-refractivity contribution in [1.29, 1.82) is 0 Å². The fraction of sp³-hybridized carbons (Fsp3) is 0.880. The molecule has 0 bridgehead atoms. The van der Waals surface area contributed by atoms with Gasteiger partial charge in [0, 0.05) is 6.92 Å². The largest absolute Gasteiger partial charge is 0.432 e. The molecule has 0 heterocycles. The molecule has 6 unspecified atom stereocenters. The van der Waals surface area contributed by atoms with Gasteiger partial charge >= 0.3 is 5.97 Å². The second-order valence-corrected chi connectivity index (χ2v) is 10.0. The Kier molecular flexibility index (Phi) is 6.14. The SMILES string of the molecule is CC.CC(=O)O/C(C)=C1\CCC2C3CCC4CCCCC4(C)C3CCC12C. The lowest BCUT2D eigenvalue weighted by atomic mass is 9.45. The first-order valence-corrected chi connectivity index (χ1v) is 11.7. The topological polar surface area (TPSA) is 26.3 Å². The second kappa shape index (κ2) is 7.91. The third-order valence-corrected chi connectivity index (χ3v) is 9.09. The van der Waals surface area contributed by atoms with Crippen LogP contribution in [0.1, 0.15) is 106 Å². The number of ether oxygens (including phenoxy) is 1. The van der Waals surface area contributed by atoms with Crippen LogP contribution in [0.5, 0.6) is 0 Å². The predicted octanol–water partition coefficient (Wildman–Crippen LogP) is 7.28. The molecule has 6 atom stereocenters. The van der Waals surface area contributed by atoms with Crippen molar-refractivity contribution in [1.82, 2.24) is 0 Å². The summed E-state index contributed by atoms with van der Waals surface area (Å²) in [5, 5.41) is 0. The Morgan fingerprint density at radius 3 is 2.37 bits per heavy atom. The van der Waals surface area contributed by atoms with Crippen LogP contribution in [0.3, 0.4) is 0 Å². The van der Waals surface area contributed by atoms with Crippen LogP contribution in [-0.4, -0.2) is 5.97 Å². The number of fused-ring (bicyclic) bond motifs is 5. The van der Waals surface area contributed by atoms with Gasteiger partial charge in [-0.2, -0.15) is 0 Å². The molecule has 0 aromatic heterocycles. The van der Waals surface area contributed by atoms with Gasteiger partial charge in [-0.25, -0.2) is 0 Å². The van der Waals surface area contributed by atoms with Crippen LogP contribution in [0, 0.1) is 34.5 Å². The Balaban J connectivity index is 0.00000102. The lowest BCUT2D eigenvalue weighted by Gasteiger charge is -2.60. The first kappa shape index (κ1) is 20.9. The van der Waals surface area contributed by atoms with Crippen LogP contribution in [-0.2, 0) is 9.53 Å². The van der Waals surface area contributed by atoms with E-state index in [1.165, 1.54) is 70.3 Å². The molecule has 0 amide bonds. The molecule has 0 aliphatic heterocycles. The summed E-state index contributed by atoms with van der Waals surface area (Å²) < 4.78 is 5.53. The highest BCUT2D eigenvalue weighted by atomic mass is 16.5. The highest BCUT2D eigenvalue weighted by Gasteiger charge is 2.58. The number of hydrogen-bond donors (Lipinski definition) is 0. The predicted molar refractivity (Wildman–Crippen MR) is 112 cm³/mol. The van der Waals surface area contributed by atoms with Gasteiger partial charge in [0.15, 0.2) is 0 Å². The summed E-state index contributed by atoms with van der Waals surface area (Å²) in [6.45, 7) is 12.7. The summed E-state index contributed by atoms with van der Waals surface area (Å²) >= 11 is 0. The van der Waals surface area contributed by atoms with E-state index in [1.54, 1.807) is 0 Å². The number of carbonyl (C=O) groups is 1. The van der Waals surface area contributed by atoms with E-state index in [1.807, 2.05) is 20.8 Å². The van der Waals surface area contributed by atoms with E-state index in [0.29, 0.717) is 5.41 Å². The molecule has 0 aromatic carbocycles. The summed E-state index contributed by atoms with van der Waals surface area (Å²) in [7, 11) is 0. The fourth-order valence-corrected chi connectivity index (χ4v) is 7.96. The van der Waals surface area contributed by atoms with Crippen molar-refractivity contribution in [2.45, 2.75) is 106 Å². The van der Waals surface area contributed by atoms with Crippen LogP contribution >= 0.6 is 0 Å². The van der Waals surface area contributed by atoms with Crippen molar-refractivity contribution in [3.63, 3.8) is 0 Å². The minimum atomic E-state index is -0.166. The van der Waals surface area contributed by atoms with Gasteiger partial charge in [-0.05, 0) is 98.4 Å². The molecule has 4 aliphatic rings. The molecule has 2 nitrogen and oxygen atoms in total. The van der Waals surface area contributed by atoms with E-state index in [4.69, 9.17) is 4.74 Å². The quantitative estimate of drug-likeness (QED) is 0.356. The smallest absolute Gasteiger partial charge is 0.307 e. The van der Waals surface area contributed by atoms with Gasteiger partial charge in [-0.15, -0.1) is 0 Å². The third kappa shape index (κ3) is 3.40. The zero-order valence-corrected chi connectivity index (χ0v) is 18.7. The molecule has 4 fully saturated rings. The molecule has 0 spiro atoms. The highest BCUT2D eigenvalue weighted by Crippen LogP contribution is 2.67. The van der Waals surface area contributed by atoms with Crippen molar-refractivity contribution in [3.05, 3.63) is 11.3 Å². The first-order chi connectivity index (χ1) is 12.9. The highest BCUT2D eigenvalue weighted by molar-refractivity contribution is 5.67. The molecule has 0 aromatic rings. The summed E-state index contributed by atoms with van der Waals surface area (Å²) in [6, 6.07) is 0. The standard InChI is InChI=1S/C23H36O2.C2H6/c1-15(25-16(2)24)19-10-11-20-18-9-8-17-7-5-6-13-22(17,3)21(18)12-14-23(19,20)4;1-2/h17-18,20-21H,5-14H2,1-4H3;1-2H3/b19-15+;. The van der Waals surface area contributed by atoms with Crippen LogP contribution in [0.15, 0.2) is 11.3 Å². The molecule has 0 N–H and O–H groups in total. The van der Waals surface area contributed by atoms with E-state index < -0.39 is 0 Å². The average Bonchev–Trinajstić information content (AvgIpc) is 2.99. The lowest BCUT2D eigenvalue weighted by molar-refractivity contribution is -0.137. The Labute approximate surface area is 167 Å². The molecule has 27 heavy (non-hydrogen) atoms. The van der Waals surface area contributed by atoms with Crippen molar-refractivity contribution in [3.8, 4) is 0 Å². The number of hydrogen-bond acceptors (Lipinski definition) is 2. The van der Waals surface area contributed by atoms with Crippen molar-refractivity contribution in [2.75, 3.05) is 0 Å². The average molecular weight is 375 g/mol. The molecule has 4 aliphatic carbocycles. The Hall–Kier alpha value is -0.790. The molecule has 4 saturated carbocycles. The van der Waals surface area contributed by atoms with Gasteiger partial charge in [-0.1, -0.05) is 40.5 Å². The van der Waals surface area contributed by atoms with Gasteiger partial charge in [-0.3, -0.25) is 4.79 Å². The molecule has 2 heteroatoms. The maximum Gasteiger partial charge on any atom is 0.307 e. The van der Waals surface area contributed by atoms with E-state index >= 15 is 0 Å². The number of allylic oxidation sites excluding steroid dienone is 2. The zero-order valence-electron chi connectivity index (χ0n) is 18.7. The second-order valence-electron chi connectivity index (χ2n) is 10.0. The lowest BCUT2D eigenvalue weighted by Crippen LogP contribution is -2.52. The summed E-state index contributed by atoms with van der Waals surface area (Å²) in [5.41, 5.74) is 2.35. The van der Waals surface area contributed by atoms with Crippen molar-refractivity contribution < 1.29 is 9.53 Å². The van der Waals surface area contributed by atoms with E-state index in [9.17, 15) is 4.79 Å².